The van der Waals surface area contributed by atoms with Crippen molar-refractivity contribution in [3.63, 3.8) is 0 Å². The summed E-state index contributed by atoms with van der Waals surface area (Å²) in [5, 5.41) is 0. The maximum absolute atomic E-state index is 10.8. The number of hydrogen-bond donors (Lipinski definition) is 0. The molecule has 0 aromatic heterocycles. The van der Waals surface area contributed by atoms with E-state index in [1.807, 2.05) is 6.92 Å². The molecule has 0 saturated carbocycles. The van der Waals surface area contributed by atoms with Crippen LogP contribution in [0.15, 0.2) is 0 Å². The van der Waals surface area contributed by atoms with Crippen LogP contribution in [0.5, 0.6) is 0 Å². The lowest BCUT2D eigenvalue weighted by molar-refractivity contribution is -0.143. The standard InChI is InChI=1S/C11H20O3/c1-2-11(12)14-8-4-3-6-10-7-5-9-13-10/h10H,2-9H2,1H3/t10-/m1/s1. The molecule has 0 aliphatic carbocycles. The molecule has 0 aromatic carbocycles. The van der Waals surface area contributed by atoms with E-state index >= 15 is 0 Å². The Bertz CT molecular complexity index is 162. The molecule has 1 atom stereocenters. The zero-order valence-corrected chi connectivity index (χ0v) is 8.96. The van der Waals surface area contributed by atoms with Gasteiger partial charge in [-0.3, -0.25) is 4.79 Å². The first kappa shape index (κ1) is 11.5. The fourth-order valence-corrected chi connectivity index (χ4v) is 1.63. The molecule has 1 saturated heterocycles. The number of hydrogen-bond acceptors (Lipinski definition) is 3. The molecule has 1 fully saturated rings. The van der Waals surface area contributed by atoms with Crippen LogP contribution in [0.4, 0.5) is 0 Å². The molecule has 82 valence electrons. The van der Waals surface area contributed by atoms with Gasteiger partial charge in [0, 0.05) is 13.0 Å². The lowest BCUT2D eigenvalue weighted by Gasteiger charge is -2.08. The van der Waals surface area contributed by atoms with Crippen LogP contribution >= 0.6 is 0 Å². The van der Waals surface area contributed by atoms with E-state index in [0.717, 1.165) is 25.9 Å². The quantitative estimate of drug-likeness (QED) is 0.487. The Hall–Kier alpha value is -0.570. The van der Waals surface area contributed by atoms with Crippen molar-refractivity contribution in [2.24, 2.45) is 0 Å². The zero-order chi connectivity index (χ0) is 10.2. The highest BCUT2D eigenvalue weighted by atomic mass is 16.5. The van der Waals surface area contributed by atoms with Crippen LogP contribution in [0.25, 0.3) is 0 Å². The summed E-state index contributed by atoms with van der Waals surface area (Å²) in [7, 11) is 0. The molecule has 1 aliphatic rings. The van der Waals surface area contributed by atoms with Crippen molar-refractivity contribution in [1.82, 2.24) is 0 Å². The number of rotatable bonds is 6. The third-order valence-electron chi connectivity index (χ3n) is 2.50. The summed E-state index contributed by atoms with van der Waals surface area (Å²) in [5.41, 5.74) is 0. The number of carbonyl (C=O) groups excluding carboxylic acids is 1. The molecule has 0 radical (unpaired) electrons. The highest BCUT2D eigenvalue weighted by molar-refractivity contribution is 5.68. The van der Waals surface area contributed by atoms with Gasteiger partial charge >= 0.3 is 5.97 Å². The van der Waals surface area contributed by atoms with E-state index in [1.54, 1.807) is 0 Å². The monoisotopic (exact) mass is 200 g/mol. The molecular weight excluding hydrogens is 180 g/mol. The first-order valence-corrected chi connectivity index (χ1v) is 5.60. The first-order valence-electron chi connectivity index (χ1n) is 5.60. The van der Waals surface area contributed by atoms with E-state index < -0.39 is 0 Å². The number of esters is 1. The Labute approximate surface area is 85.8 Å². The summed E-state index contributed by atoms with van der Waals surface area (Å²) in [6.07, 6.45) is 6.53. The fourth-order valence-electron chi connectivity index (χ4n) is 1.63. The van der Waals surface area contributed by atoms with Crippen molar-refractivity contribution >= 4 is 5.97 Å². The van der Waals surface area contributed by atoms with Crippen molar-refractivity contribution in [1.29, 1.82) is 0 Å². The van der Waals surface area contributed by atoms with Crippen LogP contribution in [0.2, 0.25) is 0 Å². The van der Waals surface area contributed by atoms with E-state index in [9.17, 15) is 4.79 Å². The minimum Gasteiger partial charge on any atom is -0.466 e. The average molecular weight is 200 g/mol. The Morgan fingerprint density at radius 2 is 2.36 bits per heavy atom. The number of carbonyl (C=O) groups is 1. The van der Waals surface area contributed by atoms with Crippen molar-refractivity contribution in [3.8, 4) is 0 Å². The Morgan fingerprint density at radius 3 is 3.00 bits per heavy atom. The van der Waals surface area contributed by atoms with Gasteiger partial charge in [-0.2, -0.15) is 0 Å². The summed E-state index contributed by atoms with van der Waals surface area (Å²) >= 11 is 0. The molecule has 0 unspecified atom stereocenters. The highest BCUT2D eigenvalue weighted by Gasteiger charge is 2.14. The Kier molecular flexibility index (Phi) is 5.60. The molecule has 0 aromatic rings. The van der Waals surface area contributed by atoms with E-state index in [0.29, 0.717) is 19.1 Å². The third kappa shape index (κ3) is 4.61. The van der Waals surface area contributed by atoms with Crippen LogP contribution in [0, 0.1) is 0 Å². The molecule has 3 nitrogen and oxygen atoms in total. The molecular formula is C11H20O3. The van der Waals surface area contributed by atoms with Crippen LogP contribution in [-0.4, -0.2) is 25.3 Å². The first-order chi connectivity index (χ1) is 6.83. The van der Waals surface area contributed by atoms with E-state index in [-0.39, 0.29) is 5.97 Å². The van der Waals surface area contributed by atoms with Crippen LogP contribution in [-0.2, 0) is 14.3 Å². The topological polar surface area (TPSA) is 35.5 Å². The van der Waals surface area contributed by atoms with Gasteiger partial charge in [0.15, 0.2) is 0 Å². The summed E-state index contributed by atoms with van der Waals surface area (Å²) in [6, 6.07) is 0. The number of ether oxygens (including phenoxy) is 2. The van der Waals surface area contributed by atoms with E-state index in [1.165, 1.54) is 12.8 Å². The largest absolute Gasteiger partial charge is 0.466 e. The Balaban J connectivity index is 1.86. The van der Waals surface area contributed by atoms with Gasteiger partial charge < -0.3 is 9.47 Å². The predicted octanol–water partition coefficient (Wildman–Crippen LogP) is 2.29. The summed E-state index contributed by atoms with van der Waals surface area (Å²) in [4.78, 5) is 10.8. The number of unbranched alkanes of at least 4 members (excludes halogenated alkanes) is 1. The van der Waals surface area contributed by atoms with Gasteiger partial charge in [0.2, 0.25) is 0 Å². The average Bonchev–Trinajstić information content (AvgIpc) is 2.69. The molecule has 1 rings (SSSR count). The molecule has 1 heterocycles. The molecule has 0 N–H and O–H groups in total. The van der Waals surface area contributed by atoms with Crippen LogP contribution in [0.1, 0.15) is 45.4 Å². The predicted molar refractivity (Wildman–Crippen MR) is 54.1 cm³/mol. The fraction of sp³-hybridized carbons (Fsp3) is 0.909. The van der Waals surface area contributed by atoms with Gasteiger partial charge in [-0.15, -0.1) is 0 Å². The zero-order valence-electron chi connectivity index (χ0n) is 8.96. The minimum absolute atomic E-state index is 0.0953. The summed E-state index contributed by atoms with van der Waals surface area (Å²) in [5.74, 6) is -0.0953. The summed E-state index contributed by atoms with van der Waals surface area (Å²) < 4.78 is 10.5. The SMILES string of the molecule is CCC(=O)OCCCC[C@@H]1CCCO1. The maximum Gasteiger partial charge on any atom is 0.305 e. The normalized spacial score (nSPS) is 21.1. The van der Waals surface area contributed by atoms with Crippen LogP contribution < -0.4 is 0 Å². The van der Waals surface area contributed by atoms with Gasteiger partial charge in [-0.05, 0) is 32.1 Å². The second-order valence-corrected chi connectivity index (χ2v) is 3.70. The van der Waals surface area contributed by atoms with Gasteiger partial charge in [-0.1, -0.05) is 6.92 Å². The van der Waals surface area contributed by atoms with Gasteiger partial charge in [0.05, 0.1) is 12.7 Å². The van der Waals surface area contributed by atoms with Crippen molar-refractivity contribution in [2.75, 3.05) is 13.2 Å². The van der Waals surface area contributed by atoms with Crippen molar-refractivity contribution < 1.29 is 14.3 Å². The third-order valence-corrected chi connectivity index (χ3v) is 2.50. The minimum atomic E-state index is -0.0953. The van der Waals surface area contributed by atoms with Gasteiger partial charge in [0.25, 0.3) is 0 Å². The smallest absolute Gasteiger partial charge is 0.305 e. The van der Waals surface area contributed by atoms with Gasteiger partial charge in [-0.25, -0.2) is 0 Å². The van der Waals surface area contributed by atoms with E-state index in [2.05, 4.69) is 0 Å². The van der Waals surface area contributed by atoms with Crippen molar-refractivity contribution in [2.45, 2.75) is 51.6 Å². The lowest BCUT2D eigenvalue weighted by atomic mass is 10.1. The molecule has 0 amide bonds. The van der Waals surface area contributed by atoms with Crippen LogP contribution in [0.3, 0.4) is 0 Å². The second kappa shape index (κ2) is 6.82. The van der Waals surface area contributed by atoms with Crippen molar-refractivity contribution in [3.05, 3.63) is 0 Å². The molecule has 1 aliphatic heterocycles. The molecule has 14 heavy (non-hydrogen) atoms. The second-order valence-electron chi connectivity index (χ2n) is 3.70. The Morgan fingerprint density at radius 1 is 1.50 bits per heavy atom. The maximum atomic E-state index is 10.8. The molecule has 0 spiro atoms. The molecule has 0 bridgehead atoms. The highest BCUT2D eigenvalue weighted by Crippen LogP contribution is 2.17. The molecule has 3 heteroatoms. The van der Waals surface area contributed by atoms with Gasteiger partial charge in [0.1, 0.15) is 0 Å². The van der Waals surface area contributed by atoms with E-state index in [4.69, 9.17) is 9.47 Å². The summed E-state index contributed by atoms with van der Waals surface area (Å²) in [6.45, 7) is 3.31. The lowest BCUT2D eigenvalue weighted by Crippen LogP contribution is -2.07.